The summed E-state index contributed by atoms with van der Waals surface area (Å²) in [6, 6.07) is -1.06. The van der Waals surface area contributed by atoms with Crippen molar-refractivity contribution in [1.82, 2.24) is 20.3 Å². The quantitative estimate of drug-likeness (QED) is 0.510. The maximum absolute atomic E-state index is 11.9. The highest BCUT2D eigenvalue weighted by atomic mass is 16.5. The molecule has 9 nitrogen and oxygen atoms in total. The number of hydrogen-bond acceptors (Lipinski definition) is 6. The van der Waals surface area contributed by atoms with E-state index >= 15 is 0 Å². The molecule has 2 aliphatic rings. The Kier molecular flexibility index (Phi) is 7.83. The first-order valence-corrected chi connectivity index (χ1v) is 11.3. The van der Waals surface area contributed by atoms with Gasteiger partial charge in [0.25, 0.3) is 0 Å². The fraction of sp³-hybridized carbons (Fsp3) is 0.727. The van der Waals surface area contributed by atoms with Crippen LogP contribution in [0.15, 0.2) is 17.8 Å². The summed E-state index contributed by atoms with van der Waals surface area (Å²) in [6.07, 6.45) is 10.2. The molecule has 0 aromatic carbocycles. The van der Waals surface area contributed by atoms with Crippen molar-refractivity contribution >= 4 is 11.9 Å². The molecule has 9 heteroatoms. The van der Waals surface area contributed by atoms with E-state index in [1.807, 2.05) is 0 Å². The Hall–Kier alpha value is -2.26. The van der Waals surface area contributed by atoms with E-state index in [-0.39, 0.29) is 17.9 Å². The predicted octanol–water partition coefficient (Wildman–Crippen LogP) is 2.47. The van der Waals surface area contributed by atoms with Crippen molar-refractivity contribution in [1.29, 1.82) is 0 Å². The van der Waals surface area contributed by atoms with Crippen molar-refractivity contribution in [3.63, 3.8) is 0 Å². The minimum atomic E-state index is -1.01. The Morgan fingerprint density at radius 2 is 2.03 bits per heavy atom. The van der Waals surface area contributed by atoms with Gasteiger partial charge in [-0.05, 0) is 25.3 Å². The topological polar surface area (TPSA) is 127 Å². The molecule has 0 aliphatic heterocycles. The average Bonchev–Trinajstić information content (AvgIpc) is 3.23. The van der Waals surface area contributed by atoms with Crippen LogP contribution >= 0.6 is 0 Å². The van der Waals surface area contributed by atoms with Gasteiger partial charge in [-0.3, -0.25) is 4.79 Å². The maximum atomic E-state index is 11.9. The molecule has 172 valence electrons. The van der Waals surface area contributed by atoms with Crippen LogP contribution in [0.1, 0.15) is 83.4 Å². The number of carbonyl (C=O) groups is 2. The Balaban J connectivity index is 1.89. The number of aromatic nitrogens is 3. The first kappa shape index (κ1) is 23.4. The smallest absolute Gasteiger partial charge is 0.331 e. The van der Waals surface area contributed by atoms with E-state index in [9.17, 15) is 19.8 Å². The number of rotatable bonds is 9. The summed E-state index contributed by atoms with van der Waals surface area (Å²) in [5, 5.41) is 32.0. The van der Waals surface area contributed by atoms with Gasteiger partial charge in [0.05, 0.1) is 24.4 Å². The van der Waals surface area contributed by atoms with Crippen molar-refractivity contribution < 1.29 is 24.5 Å². The van der Waals surface area contributed by atoms with Crippen LogP contribution in [0.25, 0.3) is 0 Å². The standard InChI is InChI=1S/C22H34N4O5/c1-3-4-8-11-31-18-13-16(21(28)29)12-17(20(18)23-15(2)27)26-14-19(24-25-26)22(30)9-6-5-7-10-22/h12,14,17-18,20,30H,3-11,13H2,1-2H3,(H,23,27)(H,28,29). The lowest BCUT2D eigenvalue weighted by Crippen LogP contribution is -2.51. The molecule has 2 aliphatic carbocycles. The number of nitrogens with one attached hydrogen (secondary N) is 1. The first-order chi connectivity index (χ1) is 14.8. The molecule has 3 N–H and O–H groups in total. The summed E-state index contributed by atoms with van der Waals surface area (Å²) in [4.78, 5) is 23.7. The SMILES string of the molecule is CCCCCOC1CC(C(=O)O)=CC(n2cc(C3(O)CCCCC3)nn2)C1NC(C)=O. The van der Waals surface area contributed by atoms with Crippen molar-refractivity contribution in [3.8, 4) is 0 Å². The largest absolute Gasteiger partial charge is 0.478 e. The molecule has 1 amide bonds. The molecule has 3 unspecified atom stereocenters. The molecule has 1 aromatic rings. The van der Waals surface area contributed by atoms with E-state index in [4.69, 9.17) is 4.74 Å². The maximum Gasteiger partial charge on any atom is 0.331 e. The Labute approximate surface area is 182 Å². The molecule has 1 heterocycles. The number of nitrogens with zero attached hydrogens (tertiary/aromatic N) is 3. The molecular formula is C22H34N4O5. The van der Waals surface area contributed by atoms with Crippen LogP contribution in [-0.2, 0) is 19.9 Å². The summed E-state index contributed by atoms with van der Waals surface area (Å²) < 4.78 is 7.59. The van der Waals surface area contributed by atoms with Gasteiger partial charge in [0.1, 0.15) is 11.3 Å². The van der Waals surface area contributed by atoms with E-state index in [2.05, 4.69) is 22.6 Å². The molecule has 1 fully saturated rings. The summed E-state index contributed by atoms with van der Waals surface area (Å²) in [7, 11) is 0. The molecule has 3 rings (SSSR count). The number of carboxylic acid groups (broad SMARTS) is 1. The van der Waals surface area contributed by atoms with Crippen LogP contribution in [0, 0.1) is 0 Å². The summed E-state index contributed by atoms with van der Waals surface area (Å²) >= 11 is 0. The number of aliphatic carboxylic acids is 1. The van der Waals surface area contributed by atoms with Crippen LogP contribution in [0.2, 0.25) is 0 Å². The Bertz CT molecular complexity index is 800. The number of hydrogen-bond donors (Lipinski definition) is 3. The molecule has 0 spiro atoms. The van der Waals surface area contributed by atoms with E-state index in [0.717, 1.165) is 38.5 Å². The molecular weight excluding hydrogens is 400 g/mol. The summed E-state index contributed by atoms with van der Waals surface area (Å²) in [6.45, 7) is 4.03. The third-order valence-corrected chi connectivity index (χ3v) is 6.26. The molecule has 0 bridgehead atoms. The lowest BCUT2D eigenvalue weighted by atomic mass is 9.83. The Morgan fingerprint density at radius 3 is 2.68 bits per heavy atom. The Morgan fingerprint density at radius 1 is 1.29 bits per heavy atom. The van der Waals surface area contributed by atoms with Crippen molar-refractivity contribution in [2.24, 2.45) is 0 Å². The monoisotopic (exact) mass is 434 g/mol. The lowest BCUT2D eigenvalue weighted by molar-refractivity contribution is -0.133. The van der Waals surface area contributed by atoms with Crippen molar-refractivity contribution in [2.45, 2.75) is 95.4 Å². The zero-order valence-corrected chi connectivity index (χ0v) is 18.4. The minimum absolute atomic E-state index is 0.203. The highest BCUT2D eigenvalue weighted by Crippen LogP contribution is 2.37. The number of aliphatic hydroxyl groups is 1. The lowest BCUT2D eigenvalue weighted by Gasteiger charge is -2.36. The van der Waals surface area contributed by atoms with Crippen molar-refractivity contribution in [3.05, 3.63) is 23.5 Å². The van der Waals surface area contributed by atoms with Crippen LogP contribution in [-0.4, -0.2) is 55.8 Å². The second-order valence-electron chi connectivity index (χ2n) is 8.71. The number of carbonyl (C=O) groups excluding carboxylic acids is 1. The third-order valence-electron chi connectivity index (χ3n) is 6.26. The molecule has 3 atom stereocenters. The molecule has 1 saturated carbocycles. The van der Waals surface area contributed by atoms with E-state index in [1.54, 1.807) is 17.0 Å². The number of amides is 1. The van der Waals surface area contributed by atoms with E-state index < -0.39 is 29.8 Å². The van der Waals surface area contributed by atoms with Crippen molar-refractivity contribution in [2.75, 3.05) is 6.61 Å². The van der Waals surface area contributed by atoms with Crippen LogP contribution < -0.4 is 5.32 Å². The second-order valence-corrected chi connectivity index (χ2v) is 8.71. The number of carboxylic acids is 1. The van der Waals surface area contributed by atoms with E-state index in [1.165, 1.54) is 6.92 Å². The van der Waals surface area contributed by atoms with E-state index in [0.29, 0.717) is 25.1 Å². The van der Waals surface area contributed by atoms with Crippen LogP contribution in [0.5, 0.6) is 0 Å². The fourth-order valence-corrected chi connectivity index (χ4v) is 4.53. The zero-order chi connectivity index (χ0) is 22.4. The summed E-state index contributed by atoms with van der Waals surface area (Å²) in [5.41, 5.74) is -0.296. The molecule has 31 heavy (non-hydrogen) atoms. The second kappa shape index (κ2) is 10.4. The van der Waals surface area contributed by atoms with Gasteiger partial charge >= 0.3 is 5.97 Å². The molecule has 0 saturated heterocycles. The van der Waals surface area contributed by atoms with Gasteiger partial charge in [-0.2, -0.15) is 0 Å². The minimum Gasteiger partial charge on any atom is -0.478 e. The van der Waals surface area contributed by atoms with Gasteiger partial charge in [-0.25, -0.2) is 9.48 Å². The predicted molar refractivity (Wildman–Crippen MR) is 113 cm³/mol. The molecule has 1 aromatic heterocycles. The van der Waals surface area contributed by atoms with Gasteiger partial charge in [-0.15, -0.1) is 5.10 Å². The number of ether oxygens (including phenoxy) is 1. The number of unbranched alkanes of at least 4 members (excludes halogenated alkanes) is 2. The van der Waals surface area contributed by atoms with Gasteiger partial charge < -0.3 is 20.3 Å². The zero-order valence-electron chi connectivity index (χ0n) is 18.4. The average molecular weight is 435 g/mol. The third kappa shape index (κ3) is 5.71. The van der Waals surface area contributed by atoms with Gasteiger partial charge in [-0.1, -0.05) is 44.2 Å². The highest BCUT2D eigenvalue weighted by molar-refractivity contribution is 5.87. The summed E-state index contributed by atoms with van der Waals surface area (Å²) in [5.74, 6) is -1.24. The normalized spacial score (nSPS) is 25.6. The van der Waals surface area contributed by atoms with Crippen LogP contribution in [0.4, 0.5) is 0 Å². The van der Waals surface area contributed by atoms with Gasteiger partial charge in [0, 0.05) is 25.5 Å². The highest BCUT2D eigenvalue weighted by Gasteiger charge is 2.40. The van der Waals surface area contributed by atoms with Crippen LogP contribution in [0.3, 0.4) is 0 Å². The van der Waals surface area contributed by atoms with Gasteiger partial charge in [0.2, 0.25) is 5.91 Å². The fourth-order valence-electron chi connectivity index (χ4n) is 4.53. The first-order valence-electron chi connectivity index (χ1n) is 11.3. The van der Waals surface area contributed by atoms with Gasteiger partial charge in [0.15, 0.2) is 0 Å². The molecule has 0 radical (unpaired) electrons.